The molecule has 0 aliphatic heterocycles. The normalized spacial score (nSPS) is 11.2. The van der Waals surface area contributed by atoms with Crippen molar-refractivity contribution in [2.24, 2.45) is 5.10 Å². The monoisotopic (exact) mass is 286 g/mol. The molecule has 1 aromatic carbocycles. The lowest BCUT2D eigenvalue weighted by Gasteiger charge is -2.06. The van der Waals surface area contributed by atoms with Crippen molar-refractivity contribution in [3.05, 3.63) is 54.0 Å². The van der Waals surface area contributed by atoms with Crippen molar-refractivity contribution in [2.45, 2.75) is 20.3 Å². The van der Waals surface area contributed by atoms with Gasteiger partial charge in [-0.25, -0.2) is 5.43 Å². The maximum absolute atomic E-state index is 11.6. The van der Waals surface area contributed by atoms with E-state index in [1.165, 1.54) is 5.56 Å². The van der Waals surface area contributed by atoms with Crippen LogP contribution in [-0.4, -0.2) is 18.2 Å². The summed E-state index contributed by atoms with van der Waals surface area (Å²) in [6.07, 6.45) is 2.53. The van der Waals surface area contributed by atoms with Gasteiger partial charge in [-0.3, -0.25) is 4.79 Å². The topological polar surface area (TPSA) is 63.8 Å². The highest BCUT2D eigenvalue weighted by Gasteiger charge is 2.04. The molecule has 2 rings (SSSR count). The molecular weight excluding hydrogens is 268 g/mol. The molecule has 0 unspecified atom stereocenters. The first-order valence-corrected chi connectivity index (χ1v) is 6.77. The van der Waals surface area contributed by atoms with E-state index in [4.69, 9.17) is 9.15 Å². The Balaban J connectivity index is 1.80. The van der Waals surface area contributed by atoms with Crippen molar-refractivity contribution >= 4 is 11.6 Å². The molecule has 0 fully saturated rings. The highest BCUT2D eigenvalue weighted by atomic mass is 16.5. The van der Waals surface area contributed by atoms with Crippen LogP contribution in [-0.2, 0) is 11.2 Å². The number of carbonyl (C=O) groups excluding carboxylic acids is 1. The molecule has 1 aromatic heterocycles. The first-order chi connectivity index (χ1) is 10.2. The molecule has 1 N–H and O–H groups in total. The number of nitrogens with one attached hydrogen (secondary N) is 1. The third-order valence-corrected chi connectivity index (χ3v) is 2.93. The second-order valence-electron chi connectivity index (χ2n) is 4.50. The Morgan fingerprint density at radius 3 is 2.67 bits per heavy atom. The van der Waals surface area contributed by atoms with Crippen molar-refractivity contribution in [1.82, 2.24) is 5.43 Å². The molecule has 21 heavy (non-hydrogen) atoms. The number of aryl methyl sites for hydroxylation is 1. The second-order valence-corrected chi connectivity index (χ2v) is 4.50. The summed E-state index contributed by atoms with van der Waals surface area (Å²) in [5.41, 5.74) is 4.25. The van der Waals surface area contributed by atoms with E-state index in [-0.39, 0.29) is 12.5 Å². The summed E-state index contributed by atoms with van der Waals surface area (Å²) in [7, 11) is 0. The highest BCUT2D eigenvalue weighted by molar-refractivity contribution is 5.96. The Morgan fingerprint density at radius 1 is 1.29 bits per heavy atom. The molecule has 0 spiro atoms. The van der Waals surface area contributed by atoms with Gasteiger partial charge in [-0.15, -0.1) is 0 Å². The van der Waals surface area contributed by atoms with Crippen LogP contribution in [0.3, 0.4) is 0 Å². The van der Waals surface area contributed by atoms with E-state index in [1.807, 2.05) is 24.3 Å². The van der Waals surface area contributed by atoms with E-state index in [0.717, 1.165) is 6.42 Å². The van der Waals surface area contributed by atoms with E-state index in [9.17, 15) is 4.79 Å². The van der Waals surface area contributed by atoms with Gasteiger partial charge in [0, 0.05) is 0 Å². The fraction of sp³-hybridized carbons (Fsp3) is 0.250. The summed E-state index contributed by atoms with van der Waals surface area (Å²) in [4.78, 5) is 11.6. The van der Waals surface area contributed by atoms with Crippen LogP contribution < -0.4 is 10.2 Å². The van der Waals surface area contributed by atoms with Crippen LogP contribution in [0.2, 0.25) is 0 Å². The first kappa shape index (κ1) is 14.8. The Labute approximate surface area is 123 Å². The fourth-order valence-corrected chi connectivity index (χ4v) is 1.69. The fourth-order valence-electron chi connectivity index (χ4n) is 1.69. The lowest BCUT2D eigenvalue weighted by atomic mass is 10.2. The zero-order valence-corrected chi connectivity index (χ0v) is 12.1. The van der Waals surface area contributed by atoms with E-state index in [0.29, 0.717) is 17.2 Å². The molecule has 5 heteroatoms. The molecule has 110 valence electrons. The van der Waals surface area contributed by atoms with Crippen LogP contribution in [0, 0.1) is 0 Å². The van der Waals surface area contributed by atoms with Gasteiger partial charge in [-0.2, -0.15) is 5.10 Å². The third kappa shape index (κ3) is 4.49. The summed E-state index contributed by atoms with van der Waals surface area (Å²) in [5.74, 6) is 0.959. The van der Waals surface area contributed by atoms with E-state index in [2.05, 4.69) is 17.5 Å². The minimum atomic E-state index is -0.319. The van der Waals surface area contributed by atoms with Gasteiger partial charge in [0.25, 0.3) is 5.91 Å². The number of benzene rings is 1. The molecular formula is C16H18N2O3. The number of hydrogen-bond acceptors (Lipinski definition) is 4. The van der Waals surface area contributed by atoms with Gasteiger partial charge in [0.2, 0.25) is 0 Å². The van der Waals surface area contributed by atoms with Crippen LogP contribution in [0.4, 0.5) is 0 Å². The number of rotatable bonds is 6. The van der Waals surface area contributed by atoms with Gasteiger partial charge in [-0.05, 0) is 43.2 Å². The molecule has 5 nitrogen and oxygen atoms in total. The molecule has 0 saturated carbocycles. The van der Waals surface area contributed by atoms with Gasteiger partial charge in [-0.1, -0.05) is 19.1 Å². The summed E-state index contributed by atoms with van der Waals surface area (Å²) >= 11 is 0. The predicted octanol–water partition coefficient (Wildman–Crippen LogP) is 2.76. The van der Waals surface area contributed by atoms with Gasteiger partial charge in [0.1, 0.15) is 17.2 Å². The maximum Gasteiger partial charge on any atom is 0.277 e. The largest absolute Gasteiger partial charge is 0.484 e. The summed E-state index contributed by atoms with van der Waals surface area (Å²) in [5, 5.41) is 3.95. The van der Waals surface area contributed by atoms with Crippen LogP contribution in [0.15, 0.2) is 52.2 Å². The van der Waals surface area contributed by atoms with Crippen LogP contribution in [0.25, 0.3) is 0 Å². The number of nitrogens with zero attached hydrogens (tertiary/aromatic N) is 1. The Morgan fingerprint density at radius 2 is 2.05 bits per heavy atom. The zero-order valence-electron chi connectivity index (χ0n) is 12.1. The molecule has 0 saturated heterocycles. The van der Waals surface area contributed by atoms with Crippen LogP contribution in [0.5, 0.6) is 5.75 Å². The molecule has 2 aromatic rings. The Kier molecular flexibility index (Phi) is 5.15. The summed E-state index contributed by atoms with van der Waals surface area (Å²) < 4.78 is 10.6. The second kappa shape index (κ2) is 7.28. The van der Waals surface area contributed by atoms with Gasteiger partial charge >= 0.3 is 0 Å². The highest BCUT2D eigenvalue weighted by Crippen LogP contribution is 2.12. The molecule has 0 bridgehead atoms. The third-order valence-electron chi connectivity index (χ3n) is 2.93. The molecule has 0 aliphatic carbocycles. The lowest BCUT2D eigenvalue weighted by molar-refractivity contribution is -0.123. The zero-order chi connectivity index (χ0) is 15.1. The maximum atomic E-state index is 11.6. The van der Waals surface area contributed by atoms with E-state index >= 15 is 0 Å². The number of carbonyl (C=O) groups is 1. The van der Waals surface area contributed by atoms with Gasteiger partial charge < -0.3 is 9.15 Å². The summed E-state index contributed by atoms with van der Waals surface area (Å²) in [6, 6.07) is 11.2. The van der Waals surface area contributed by atoms with Gasteiger partial charge in [0.05, 0.1) is 6.26 Å². The van der Waals surface area contributed by atoms with E-state index < -0.39 is 0 Å². The molecule has 1 heterocycles. The van der Waals surface area contributed by atoms with E-state index in [1.54, 1.807) is 25.3 Å². The summed E-state index contributed by atoms with van der Waals surface area (Å²) in [6.45, 7) is 3.76. The predicted molar refractivity (Wildman–Crippen MR) is 80.4 cm³/mol. The van der Waals surface area contributed by atoms with Crippen molar-refractivity contribution in [3.8, 4) is 5.75 Å². The number of hydrogen-bond donors (Lipinski definition) is 1. The number of amides is 1. The molecule has 0 atom stereocenters. The molecule has 1 amide bonds. The Hall–Kier alpha value is -2.56. The molecule has 0 aliphatic rings. The SMILES string of the molecule is CCc1ccc(OCC(=O)N/N=C(\C)c2ccco2)cc1. The minimum Gasteiger partial charge on any atom is -0.484 e. The first-order valence-electron chi connectivity index (χ1n) is 6.77. The van der Waals surface area contributed by atoms with Crippen molar-refractivity contribution in [3.63, 3.8) is 0 Å². The average molecular weight is 286 g/mol. The minimum absolute atomic E-state index is 0.0829. The quantitative estimate of drug-likeness (QED) is 0.656. The van der Waals surface area contributed by atoms with Crippen molar-refractivity contribution in [2.75, 3.05) is 6.61 Å². The van der Waals surface area contributed by atoms with Crippen LogP contribution >= 0.6 is 0 Å². The standard InChI is InChI=1S/C16H18N2O3/c1-3-13-6-8-14(9-7-13)21-11-16(19)18-17-12(2)15-5-4-10-20-15/h4-10H,3,11H2,1-2H3,(H,18,19)/b17-12+. The number of hydrazone groups is 1. The van der Waals surface area contributed by atoms with Crippen molar-refractivity contribution < 1.29 is 13.9 Å². The number of furan rings is 1. The number of ether oxygens (including phenoxy) is 1. The molecule has 0 radical (unpaired) electrons. The van der Waals surface area contributed by atoms with Gasteiger partial charge in [0.15, 0.2) is 6.61 Å². The smallest absolute Gasteiger partial charge is 0.277 e. The average Bonchev–Trinajstić information content (AvgIpc) is 3.05. The van der Waals surface area contributed by atoms with Crippen LogP contribution in [0.1, 0.15) is 25.2 Å². The lowest BCUT2D eigenvalue weighted by Crippen LogP contribution is -2.25. The Bertz CT molecular complexity index is 601. The van der Waals surface area contributed by atoms with Crippen molar-refractivity contribution in [1.29, 1.82) is 0 Å².